The molecule has 0 aliphatic carbocycles. The number of carbonyl (C=O) groups excluding carboxylic acids is 1. The molecule has 1 heterocycles. The molecule has 0 saturated heterocycles. The van der Waals surface area contributed by atoms with Crippen molar-refractivity contribution in [3.05, 3.63) is 110 Å². The molecular formula is C26H21BrN2O4. The summed E-state index contributed by atoms with van der Waals surface area (Å²) < 4.78 is 6.34. The Balaban J connectivity index is 1.83. The fraction of sp³-hybridized carbons (Fsp3) is 0.115. The van der Waals surface area contributed by atoms with Crippen molar-refractivity contribution in [3.63, 3.8) is 0 Å². The molecule has 33 heavy (non-hydrogen) atoms. The van der Waals surface area contributed by atoms with Crippen LogP contribution in [0.3, 0.4) is 0 Å². The molecule has 3 aromatic carbocycles. The molecule has 0 bridgehead atoms. The Bertz CT molecular complexity index is 1300. The van der Waals surface area contributed by atoms with E-state index in [0.29, 0.717) is 17.9 Å². The highest BCUT2D eigenvalue weighted by molar-refractivity contribution is 9.10. The zero-order valence-electron chi connectivity index (χ0n) is 18.1. The predicted molar refractivity (Wildman–Crippen MR) is 133 cm³/mol. The van der Waals surface area contributed by atoms with Crippen molar-refractivity contribution in [1.82, 2.24) is 0 Å². The third-order valence-electron chi connectivity index (χ3n) is 5.20. The average Bonchev–Trinajstić information content (AvgIpc) is 3.12. The van der Waals surface area contributed by atoms with Gasteiger partial charge in [0.2, 0.25) is 0 Å². The quantitative estimate of drug-likeness (QED) is 0.217. The minimum absolute atomic E-state index is 0.116. The van der Waals surface area contributed by atoms with Gasteiger partial charge in [-0.05, 0) is 76.8 Å². The van der Waals surface area contributed by atoms with Gasteiger partial charge in [-0.2, -0.15) is 0 Å². The molecule has 4 rings (SSSR count). The van der Waals surface area contributed by atoms with Crippen LogP contribution in [-0.2, 0) is 4.79 Å². The second-order valence-electron chi connectivity index (χ2n) is 7.51. The van der Waals surface area contributed by atoms with Gasteiger partial charge in [-0.15, -0.1) is 0 Å². The summed E-state index contributed by atoms with van der Waals surface area (Å²) in [5.41, 5.74) is 3.48. The van der Waals surface area contributed by atoms with Crippen molar-refractivity contribution in [1.29, 1.82) is 0 Å². The minimum atomic E-state index is -0.455. The van der Waals surface area contributed by atoms with E-state index in [1.54, 1.807) is 31.2 Å². The molecule has 166 valence electrons. The number of hydrogen-bond acceptors (Lipinski definition) is 4. The van der Waals surface area contributed by atoms with Gasteiger partial charge in [0, 0.05) is 11.6 Å². The average molecular weight is 505 g/mol. The Morgan fingerprint density at radius 3 is 2.52 bits per heavy atom. The van der Waals surface area contributed by atoms with E-state index in [-0.39, 0.29) is 17.3 Å². The van der Waals surface area contributed by atoms with E-state index in [4.69, 9.17) is 4.74 Å². The first-order valence-electron chi connectivity index (χ1n) is 10.4. The largest absolute Gasteiger partial charge is 0.493 e. The standard InChI is InChI=1S/C26H21BrN2O4/c1-3-33-25-12-10-18(15-21(25)27)14-20-16-23(19-7-5-4-6-8-19)28(26(20)30)22-11-9-17(2)13-24(22)29(31)32/h4-16H,3H2,1-2H3/b20-14+. The van der Waals surface area contributed by atoms with Crippen molar-refractivity contribution < 1.29 is 14.5 Å². The van der Waals surface area contributed by atoms with Crippen LogP contribution in [0.4, 0.5) is 11.4 Å². The molecule has 1 aliphatic rings. The maximum atomic E-state index is 13.6. The minimum Gasteiger partial charge on any atom is -0.493 e. The fourth-order valence-electron chi connectivity index (χ4n) is 3.70. The molecule has 0 atom stereocenters. The van der Waals surface area contributed by atoms with Gasteiger partial charge >= 0.3 is 0 Å². The lowest BCUT2D eigenvalue weighted by molar-refractivity contribution is -0.384. The van der Waals surface area contributed by atoms with Crippen LogP contribution in [0.1, 0.15) is 23.6 Å². The van der Waals surface area contributed by atoms with Crippen LogP contribution in [0.2, 0.25) is 0 Å². The van der Waals surface area contributed by atoms with E-state index in [0.717, 1.165) is 26.9 Å². The number of nitrogens with zero attached hydrogens (tertiary/aromatic N) is 2. The third-order valence-corrected chi connectivity index (χ3v) is 5.82. The van der Waals surface area contributed by atoms with E-state index in [1.165, 1.54) is 11.0 Å². The molecule has 1 aliphatic heterocycles. The van der Waals surface area contributed by atoms with Crippen LogP contribution in [0, 0.1) is 17.0 Å². The first kappa shape index (κ1) is 22.5. The number of benzene rings is 3. The number of carbonyl (C=O) groups is 1. The van der Waals surface area contributed by atoms with Gasteiger partial charge < -0.3 is 4.74 Å². The topological polar surface area (TPSA) is 72.7 Å². The highest BCUT2D eigenvalue weighted by atomic mass is 79.9. The van der Waals surface area contributed by atoms with Gasteiger partial charge in [0.05, 0.1) is 21.7 Å². The smallest absolute Gasteiger partial charge is 0.293 e. The predicted octanol–water partition coefficient (Wildman–Crippen LogP) is 6.54. The summed E-state index contributed by atoms with van der Waals surface area (Å²) in [6.45, 7) is 4.24. The summed E-state index contributed by atoms with van der Waals surface area (Å²) in [5.74, 6) is 0.389. The van der Waals surface area contributed by atoms with E-state index in [9.17, 15) is 14.9 Å². The molecule has 0 spiro atoms. The SMILES string of the molecule is CCOc1ccc(/C=C2\C=C(c3ccccc3)N(c3ccc(C)cc3[N+](=O)[O-])C2=O)cc1Br. The zero-order chi connectivity index (χ0) is 23.5. The lowest BCUT2D eigenvalue weighted by atomic mass is 10.1. The Morgan fingerprint density at radius 1 is 1.09 bits per heavy atom. The molecule has 0 fully saturated rings. The summed E-state index contributed by atoms with van der Waals surface area (Å²) in [6, 6.07) is 19.8. The van der Waals surface area contributed by atoms with Crippen LogP contribution in [0.15, 0.2) is 82.9 Å². The molecule has 6 nitrogen and oxygen atoms in total. The Kier molecular flexibility index (Phi) is 6.42. The number of hydrogen-bond donors (Lipinski definition) is 0. The molecule has 3 aromatic rings. The lowest BCUT2D eigenvalue weighted by Gasteiger charge is -2.21. The fourth-order valence-corrected chi connectivity index (χ4v) is 4.21. The van der Waals surface area contributed by atoms with Crippen molar-refractivity contribution in [2.75, 3.05) is 11.5 Å². The Hall–Kier alpha value is -3.71. The number of halogens is 1. The van der Waals surface area contributed by atoms with Crippen LogP contribution in [0.25, 0.3) is 11.8 Å². The van der Waals surface area contributed by atoms with Crippen molar-refractivity contribution >= 4 is 45.0 Å². The van der Waals surface area contributed by atoms with Crippen LogP contribution in [0.5, 0.6) is 5.75 Å². The summed E-state index contributed by atoms with van der Waals surface area (Å²) in [5, 5.41) is 11.8. The molecule has 0 radical (unpaired) electrons. The van der Waals surface area contributed by atoms with Crippen LogP contribution in [-0.4, -0.2) is 17.4 Å². The van der Waals surface area contributed by atoms with Gasteiger partial charge in [-0.3, -0.25) is 19.8 Å². The van der Waals surface area contributed by atoms with E-state index in [1.807, 2.05) is 55.5 Å². The van der Waals surface area contributed by atoms with Crippen molar-refractivity contribution in [2.45, 2.75) is 13.8 Å². The van der Waals surface area contributed by atoms with Crippen molar-refractivity contribution in [2.24, 2.45) is 0 Å². The van der Waals surface area contributed by atoms with E-state index in [2.05, 4.69) is 15.9 Å². The number of ether oxygens (including phenoxy) is 1. The van der Waals surface area contributed by atoms with Crippen LogP contribution >= 0.6 is 15.9 Å². The molecule has 0 saturated carbocycles. The molecule has 0 aromatic heterocycles. The number of anilines is 1. The summed E-state index contributed by atoms with van der Waals surface area (Å²) in [7, 11) is 0. The first-order chi connectivity index (χ1) is 15.9. The van der Waals surface area contributed by atoms with Crippen molar-refractivity contribution in [3.8, 4) is 5.75 Å². The molecule has 0 unspecified atom stereocenters. The maximum absolute atomic E-state index is 13.6. The van der Waals surface area contributed by atoms with Gasteiger partial charge in [-0.1, -0.05) is 42.5 Å². The monoisotopic (exact) mass is 504 g/mol. The molecular weight excluding hydrogens is 484 g/mol. The normalized spacial score (nSPS) is 14.5. The summed E-state index contributed by atoms with van der Waals surface area (Å²) in [6.07, 6.45) is 3.54. The molecule has 0 N–H and O–H groups in total. The first-order valence-corrected chi connectivity index (χ1v) is 11.2. The lowest BCUT2D eigenvalue weighted by Crippen LogP contribution is -2.25. The van der Waals surface area contributed by atoms with E-state index < -0.39 is 4.92 Å². The molecule has 1 amide bonds. The second-order valence-corrected chi connectivity index (χ2v) is 8.36. The summed E-state index contributed by atoms with van der Waals surface area (Å²) in [4.78, 5) is 26.3. The number of nitro groups is 1. The summed E-state index contributed by atoms with van der Waals surface area (Å²) >= 11 is 3.50. The number of amides is 1. The zero-order valence-corrected chi connectivity index (χ0v) is 19.7. The van der Waals surface area contributed by atoms with E-state index >= 15 is 0 Å². The van der Waals surface area contributed by atoms with Crippen LogP contribution < -0.4 is 9.64 Å². The number of nitro benzene ring substituents is 1. The Labute approximate surface area is 200 Å². The Morgan fingerprint density at radius 2 is 1.85 bits per heavy atom. The maximum Gasteiger partial charge on any atom is 0.293 e. The van der Waals surface area contributed by atoms with Gasteiger partial charge in [-0.25, -0.2) is 0 Å². The third kappa shape index (κ3) is 4.59. The number of rotatable bonds is 6. The second kappa shape index (κ2) is 9.42. The highest BCUT2D eigenvalue weighted by Crippen LogP contribution is 2.40. The van der Waals surface area contributed by atoms with Gasteiger partial charge in [0.15, 0.2) is 0 Å². The molecule has 7 heteroatoms. The van der Waals surface area contributed by atoms with Gasteiger partial charge in [0.1, 0.15) is 11.4 Å². The number of aryl methyl sites for hydroxylation is 1. The van der Waals surface area contributed by atoms with Gasteiger partial charge in [0.25, 0.3) is 11.6 Å². The highest BCUT2D eigenvalue weighted by Gasteiger charge is 2.34.